The fourth-order valence-electron chi connectivity index (χ4n) is 2.59. The van der Waals surface area contributed by atoms with E-state index < -0.39 is 15.6 Å². The maximum Gasteiger partial charge on any atom is 0.233 e. The highest BCUT2D eigenvalue weighted by Gasteiger charge is 2.67. The van der Waals surface area contributed by atoms with E-state index in [2.05, 4.69) is 10.6 Å². The van der Waals surface area contributed by atoms with Gasteiger partial charge in [-0.15, -0.1) is 23.2 Å². The molecule has 0 heterocycles. The highest BCUT2D eigenvalue weighted by molar-refractivity contribution is 6.53. The second-order valence-corrected chi connectivity index (χ2v) is 8.06. The van der Waals surface area contributed by atoms with Crippen LogP contribution >= 0.6 is 23.2 Å². The van der Waals surface area contributed by atoms with E-state index in [9.17, 15) is 14.0 Å². The Balaban J connectivity index is 1.68. The predicted octanol–water partition coefficient (Wildman–Crippen LogP) is 4.53. The van der Waals surface area contributed by atoms with E-state index in [1.54, 1.807) is 6.92 Å². The minimum Gasteiger partial charge on any atom is -0.325 e. The molecule has 26 heavy (non-hydrogen) atoms. The number of amides is 2. The lowest BCUT2D eigenvalue weighted by Crippen LogP contribution is -2.26. The van der Waals surface area contributed by atoms with Crippen LogP contribution in [0, 0.1) is 11.2 Å². The summed E-state index contributed by atoms with van der Waals surface area (Å²) >= 11 is 12.0. The Bertz CT molecular complexity index is 858. The van der Waals surface area contributed by atoms with E-state index in [4.69, 9.17) is 23.2 Å². The van der Waals surface area contributed by atoms with E-state index in [1.165, 1.54) is 18.2 Å². The van der Waals surface area contributed by atoms with Crippen molar-refractivity contribution in [2.75, 3.05) is 10.6 Å². The first-order valence-electron chi connectivity index (χ1n) is 8.04. The summed E-state index contributed by atoms with van der Waals surface area (Å²) < 4.78 is 12.9. The number of halogens is 3. The molecule has 4 nitrogen and oxygen atoms in total. The van der Waals surface area contributed by atoms with E-state index >= 15 is 0 Å². The highest BCUT2D eigenvalue weighted by Crippen LogP contribution is 2.64. The van der Waals surface area contributed by atoms with Gasteiger partial charge in [0.25, 0.3) is 0 Å². The van der Waals surface area contributed by atoms with Crippen molar-refractivity contribution < 1.29 is 14.0 Å². The second-order valence-electron chi connectivity index (χ2n) is 6.57. The molecule has 3 rings (SSSR count). The normalized spacial score (nSPS) is 20.3. The van der Waals surface area contributed by atoms with E-state index in [-0.39, 0.29) is 23.9 Å². The second kappa shape index (κ2) is 6.89. The van der Waals surface area contributed by atoms with E-state index in [0.717, 1.165) is 5.56 Å². The monoisotopic (exact) mass is 394 g/mol. The van der Waals surface area contributed by atoms with Gasteiger partial charge in [-0.1, -0.05) is 30.3 Å². The summed E-state index contributed by atoms with van der Waals surface area (Å²) in [5.41, 5.74) is 0.273. The van der Waals surface area contributed by atoms with Crippen LogP contribution in [0.2, 0.25) is 0 Å². The first-order valence-corrected chi connectivity index (χ1v) is 8.79. The molecule has 0 saturated heterocycles. The van der Waals surface area contributed by atoms with Gasteiger partial charge in [-0.05, 0) is 37.1 Å². The lowest BCUT2D eigenvalue weighted by atomic mass is 10.1. The lowest BCUT2D eigenvalue weighted by Gasteiger charge is -2.14. The molecule has 2 amide bonds. The summed E-state index contributed by atoms with van der Waals surface area (Å²) in [7, 11) is 0. The number of benzene rings is 2. The van der Waals surface area contributed by atoms with Crippen molar-refractivity contribution in [1.29, 1.82) is 0 Å². The van der Waals surface area contributed by atoms with Gasteiger partial charge in [-0.2, -0.15) is 0 Å². The summed E-state index contributed by atoms with van der Waals surface area (Å²) in [5.74, 6) is -1.30. The summed E-state index contributed by atoms with van der Waals surface area (Å²) in [4.78, 5) is 24.4. The SMILES string of the molecule is CC1(C(=O)Nc2ccc(F)c(NC(=O)Cc3ccccc3)c2)CC1(Cl)Cl. The molecule has 1 atom stereocenters. The topological polar surface area (TPSA) is 58.2 Å². The van der Waals surface area contributed by atoms with Crippen molar-refractivity contribution in [2.24, 2.45) is 5.41 Å². The largest absolute Gasteiger partial charge is 0.325 e. The molecule has 0 radical (unpaired) electrons. The molecule has 2 aromatic rings. The first kappa shape index (κ1) is 18.7. The van der Waals surface area contributed by atoms with E-state index in [0.29, 0.717) is 12.1 Å². The minimum atomic E-state index is -1.09. The van der Waals surface area contributed by atoms with Crippen LogP contribution in [0.5, 0.6) is 0 Å². The van der Waals surface area contributed by atoms with Gasteiger partial charge < -0.3 is 10.6 Å². The molecule has 1 unspecified atom stereocenters. The van der Waals surface area contributed by atoms with Crippen LogP contribution in [0.25, 0.3) is 0 Å². The van der Waals surface area contributed by atoms with Crippen molar-refractivity contribution in [2.45, 2.75) is 24.1 Å². The number of hydrogen-bond donors (Lipinski definition) is 2. The molecule has 7 heteroatoms. The number of rotatable bonds is 5. The Kier molecular flexibility index (Phi) is 4.95. The smallest absolute Gasteiger partial charge is 0.233 e. The van der Waals surface area contributed by atoms with Crippen LogP contribution in [-0.2, 0) is 16.0 Å². The van der Waals surface area contributed by atoms with Gasteiger partial charge >= 0.3 is 0 Å². The predicted molar refractivity (Wildman–Crippen MR) is 101 cm³/mol. The molecule has 1 fully saturated rings. The van der Waals surface area contributed by atoms with Crippen LogP contribution in [0.3, 0.4) is 0 Å². The molecule has 2 N–H and O–H groups in total. The molecule has 1 saturated carbocycles. The molecule has 136 valence electrons. The highest BCUT2D eigenvalue weighted by atomic mass is 35.5. The number of carbonyl (C=O) groups is 2. The van der Waals surface area contributed by atoms with Crippen molar-refractivity contribution in [3.63, 3.8) is 0 Å². The third kappa shape index (κ3) is 3.84. The molecule has 2 aromatic carbocycles. The first-order chi connectivity index (χ1) is 12.2. The summed E-state index contributed by atoms with van der Waals surface area (Å²) in [6, 6.07) is 13.1. The third-order valence-corrected chi connectivity index (χ3v) is 5.57. The van der Waals surface area contributed by atoms with Crippen molar-refractivity contribution in [3.05, 3.63) is 59.9 Å². The summed E-state index contributed by atoms with van der Waals surface area (Å²) in [6.45, 7) is 1.66. The van der Waals surface area contributed by atoms with Crippen LogP contribution in [0.4, 0.5) is 15.8 Å². The van der Waals surface area contributed by atoms with Crippen molar-refractivity contribution in [1.82, 2.24) is 0 Å². The van der Waals surface area contributed by atoms with Crippen molar-refractivity contribution >= 4 is 46.4 Å². The zero-order valence-electron chi connectivity index (χ0n) is 14.0. The molecule has 0 spiro atoms. The maximum atomic E-state index is 14.0. The molecule has 0 bridgehead atoms. The molecular formula is C19H17Cl2FN2O2. The van der Waals surface area contributed by atoms with Crippen LogP contribution < -0.4 is 10.6 Å². The zero-order valence-corrected chi connectivity index (χ0v) is 15.5. The average Bonchev–Trinajstić information content (AvgIpc) is 3.11. The fourth-order valence-corrected chi connectivity index (χ4v) is 3.30. The van der Waals surface area contributed by atoms with Gasteiger partial charge in [-0.3, -0.25) is 9.59 Å². The minimum absolute atomic E-state index is 0.00677. The Morgan fingerprint density at radius 1 is 1.12 bits per heavy atom. The number of nitrogens with one attached hydrogen (secondary N) is 2. The third-order valence-electron chi connectivity index (χ3n) is 4.46. The zero-order chi connectivity index (χ0) is 18.9. The Hall–Kier alpha value is -2.11. The summed E-state index contributed by atoms with van der Waals surface area (Å²) in [5, 5.41) is 5.19. The standard InChI is InChI=1S/C19H17Cl2FN2O2/c1-18(11-19(18,20)21)17(26)23-13-7-8-14(22)15(10-13)24-16(25)9-12-5-3-2-4-6-12/h2-8,10H,9,11H2,1H3,(H,23,26)(H,24,25). The average molecular weight is 395 g/mol. The number of alkyl halides is 2. The quantitative estimate of drug-likeness (QED) is 0.731. The molecule has 1 aliphatic carbocycles. The number of carbonyl (C=O) groups excluding carboxylic acids is 2. The Morgan fingerprint density at radius 2 is 1.77 bits per heavy atom. The van der Waals surface area contributed by atoms with Gasteiger partial charge in [-0.25, -0.2) is 4.39 Å². The van der Waals surface area contributed by atoms with E-state index in [1.807, 2.05) is 30.3 Å². The molecule has 1 aliphatic rings. The fraction of sp³-hybridized carbons (Fsp3) is 0.263. The number of hydrogen-bond acceptors (Lipinski definition) is 2. The van der Waals surface area contributed by atoms with Gasteiger partial charge in [0, 0.05) is 5.69 Å². The lowest BCUT2D eigenvalue weighted by molar-refractivity contribution is -0.120. The Morgan fingerprint density at radius 3 is 2.38 bits per heavy atom. The molecule has 0 aromatic heterocycles. The molecule has 0 aliphatic heterocycles. The van der Waals surface area contributed by atoms with Crippen LogP contribution in [-0.4, -0.2) is 16.1 Å². The molecular weight excluding hydrogens is 378 g/mol. The summed E-state index contributed by atoms with van der Waals surface area (Å²) in [6.07, 6.45) is 0.465. The Labute approximate surface area is 160 Å². The number of anilines is 2. The maximum absolute atomic E-state index is 14.0. The van der Waals surface area contributed by atoms with Gasteiger partial charge in [0.1, 0.15) is 10.2 Å². The van der Waals surface area contributed by atoms with Gasteiger partial charge in [0.05, 0.1) is 17.5 Å². The van der Waals surface area contributed by atoms with Gasteiger partial charge in [0.2, 0.25) is 11.8 Å². The van der Waals surface area contributed by atoms with Gasteiger partial charge in [0.15, 0.2) is 0 Å². The van der Waals surface area contributed by atoms with Crippen LogP contribution in [0.1, 0.15) is 18.9 Å². The van der Waals surface area contributed by atoms with Crippen molar-refractivity contribution in [3.8, 4) is 0 Å². The van der Waals surface area contributed by atoms with Crippen LogP contribution in [0.15, 0.2) is 48.5 Å².